The number of aliphatic hydroxyl groups is 1. The minimum absolute atomic E-state index is 0.267. The van der Waals surface area contributed by atoms with Gasteiger partial charge in [0, 0.05) is 19.2 Å². The summed E-state index contributed by atoms with van der Waals surface area (Å²) in [5.74, 6) is -0.402. The Bertz CT molecular complexity index is 829. The molecule has 0 saturated carbocycles. The fourth-order valence-corrected chi connectivity index (χ4v) is 3.40. The van der Waals surface area contributed by atoms with E-state index in [1.165, 1.54) is 11.0 Å². The first kappa shape index (κ1) is 20.0. The summed E-state index contributed by atoms with van der Waals surface area (Å²) in [6.45, 7) is 1.58. The summed E-state index contributed by atoms with van der Waals surface area (Å²) in [7, 11) is 0. The van der Waals surface area contributed by atoms with Crippen molar-refractivity contribution in [1.82, 2.24) is 5.32 Å². The SMILES string of the molecule is N#CC=C1CCN(c2ccc(N3C[C@H](CNC(=S)CO)OC3=O)cc2F)CC1. The molecule has 2 fully saturated rings. The van der Waals surface area contributed by atoms with Gasteiger partial charge in [0.1, 0.15) is 16.9 Å². The highest BCUT2D eigenvalue weighted by atomic mass is 32.1. The number of cyclic esters (lactones) is 1. The number of amides is 1. The molecule has 148 valence electrons. The zero-order valence-corrected chi connectivity index (χ0v) is 16.0. The molecule has 2 aliphatic heterocycles. The lowest BCUT2D eigenvalue weighted by Gasteiger charge is -2.30. The zero-order valence-electron chi connectivity index (χ0n) is 15.2. The largest absolute Gasteiger partial charge is 0.442 e. The molecule has 2 aliphatic rings. The van der Waals surface area contributed by atoms with Crippen LogP contribution in [0.3, 0.4) is 0 Å². The van der Waals surface area contributed by atoms with Crippen molar-refractivity contribution in [2.45, 2.75) is 18.9 Å². The van der Waals surface area contributed by atoms with E-state index in [9.17, 15) is 9.18 Å². The molecule has 1 atom stereocenters. The Morgan fingerprint density at radius 1 is 1.46 bits per heavy atom. The van der Waals surface area contributed by atoms with Gasteiger partial charge in [0.05, 0.1) is 37.1 Å². The van der Waals surface area contributed by atoms with Crippen molar-refractivity contribution in [3.05, 3.63) is 35.7 Å². The predicted octanol–water partition coefficient (Wildman–Crippen LogP) is 2.11. The van der Waals surface area contributed by atoms with Gasteiger partial charge in [0.2, 0.25) is 0 Å². The first-order valence-electron chi connectivity index (χ1n) is 8.99. The second-order valence-corrected chi connectivity index (χ2v) is 7.13. The number of benzene rings is 1. The Morgan fingerprint density at radius 3 is 2.86 bits per heavy atom. The van der Waals surface area contributed by atoms with Crippen LogP contribution < -0.4 is 15.1 Å². The molecule has 0 aliphatic carbocycles. The number of ether oxygens (including phenoxy) is 1. The maximum Gasteiger partial charge on any atom is 0.414 e. The first-order valence-corrected chi connectivity index (χ1v) is 9.40. The molecule has 2 N–H and O–H groups in total. The van der Waals surface area contributed by atoms with Crippen molar-refractivity contribution in [2.75, 3.05) is 42.6 Å². The molecule has 2 heterocycles. The Kier molecular flexibility index (Phi) is 6.44. The van der Waals surface area contributed by atoms with E-state index in [1.807, 2.05) is 11.0 Å². The van der Waals surface area contributed by atoms with Crippen molar-refractivity contribution < 1.29 is 19.0 Å². The minimum Gasteiger partial charge on any atom is -0.442 e. The van der Waals surface area contributed by atoms with Gasteiger partial charge in [0.15, 0.2) is 0 Å². The van der Waals surface area contributed by atoms with Crippen molar-refractivity contribution in [3.8, 4) is 6.07 Å². The molecule has 3 rings (SSSR count). The van der Waals surface area contributed by atoms with Gasteiger partial charge in [-0.1, -0.05) is 17.8 Å². The van der Waals surface area contributed by atoms with Crippen LogP contribution in [0.4, 0.5) is 20.6 Å². The topological polar surface area (TPSA) is 88.8 Å². The predicted molar refractivity (Wildman–Crippen MR) is 107 cm³/mol. The van der Waals surface area contributed by atoms with Crippen molar-refractivity contribution >= 4 is 34.7 Å². The fourth-order valence-electron chi connectivity index (χ4n) is 3.31. The number of carbonyl (C=O) groups excluding carboxylic acids is 1. The molecule has 0 radical (unpaired) electrons. The van der Waals surface area contributed by atoms with E-state index >= 15 is 0 Å². The van der Waals surface area contributed by atoms with Gasteiger partial charge in [-0.2, -0.15) is 5.26 Å². The average molecular weight is 404 g/mol. The van der Waals surface area contributed by atoms with Crippen molar-refractivity contribution in [1.29, 1.82) is 5.26 Å². The van der Waals surface area contributed by atoms with Crippen LogP contribution in [0.25, 0.3) is 0 Å². The molecule has 28 heavy (non-hydrogen) atoms. The summed E-state index contributed by atoms with van der Waals surface area (Å²) in [5.41, 5.74) is 2.00. The van der Waals surface area contributed by atoms with Crippen LogP contribution in [-0.4, -0.2) is 55.1 Å². The molecule has 0 aromatic heterocycles. The normalized spacial score (nSPS) is 19.2. The molecule has 1 aromatic carbocycles. The number of hydrogen-bond acceptors (Lipinski definition) is 6. The molecular formula is C19H21FN4O3S. The summed E-state index contributed by atoms with van der Waals surface area (Å²) < 4.78 is 20.0. The maximum atomic E-state index is 14.7. The first-order chi connectivity index (χ1) is 13.5. The summed E-state index contributed by atoms with van der Waals surface area (Å²) in [6.07, 6.45) is 2.05. The van der Waals surface area contributed by atoms with E-state index in [0.29, 0.717) is 24.5 Å². The molecule has 0 spiro atoms. The van der Waals surface area contributed by atoms with Crippen LogP contribution in [-0.2, 0) is 4.74 Å². The lowest BCUT2D eigenvalue weighted by molar-refractivity contribution is 0.142. The van der Waals surface area contributed by atoms with Gasteiger partial charge in [-0.3, -0.25) is 4.90 Å². The molecule has 9 heteroatoms. The number of hydrogen-bond donors (Lipinski definition) is 2. The van der Waals surface area contributed by atoms with Crippen molar-refractivity contribution in [2.24, 2.45) is 0 Å². The van der Waals surface area contributed by atoms with Crippen LogP contribution >= 0.6 is 12.2 Å². The van der Waals surface area contributed by atoms with Gasteiger partial charge in [-0.25, -0.2) is 9.18 Å². The van der Waals surface area contributed by atoms with Crippen LogP contribution in [0.15, 0.2) is 29.8 Å². The quantitative estimate of drug-likeness (QED) is 0.574. The summed E-state index contributed by atoms with van der Waals surface area (Å²) in [5, 5.41) is 20.5. The van der Waals surface area contributed by atoms with E-state index < -0.39 is 18.0 Å². The van der Waals surface area contributed by atoms with Crippen LogP contribution in [0, 0.1) is 17.1 Å². The molecule has 0 bridgehead atoms. The van der Waals surface area contributed by atoms with E-state index in [4.69, 9.17) is 27.3 Å². The Morgan fingerprint density at radius 2 is 2.21 bits per heavy atom. The monoisotopic (exact) mass is 404 g/mol. The molecule has 7 nitrogen and oxygen atoms in total. The van der Waals surface area contributed by atoms with E-state index in [0.717, 1.165) is 18.4 Å². The highest BCUT2D eigenvalue weighted by Crippen LogP contribution is 2.30. The number of thiocarbonyl (C=S) groups is 1. The lowest BCUT2D eigenvalue weighted by atomic mass is 10.0. The highest BCUT2D eigenvalue weighted by molar-refractivity contribution is 7.80. The maximum absolute atomic E-state index is 14.7. The third-order valence-electron chi connectivity index (χ3n) is 4.80. The second-order valence-electron chi connectivity index (χ2n) is 6.63. The smallest absolute Gasteiger partial charge is 0.414 e. The number of halogens is 1. The third-order valence-corrected chi connectivity index (χ3v) is 5.08. The lowest BCUT2D eigenvalue weighted by Crippen LogP contribution is -2.35. The molecular weight excluding hydrogens is 383 g/mol. The molecule has 0 unspecified atom stereocenters. The van der Waals surface area contributed by atoms with Gasteiger partial charge < -0.3 is 20.1 Å². The summed E-state index contributed by atoms with van der Waals surface area (Å²) >= 11 is 4.87. The average Bonchev–Trinajstić information content (AvgIpc) is 3.07. The van der Waals surface area contributed by atoms with Crippen LogP contribution in [0.1, 0.15) is 12.8 Å². The number of rotatable bonds is 5. The van der Waals surface area contributed by atoms with Gasteiger partial charge in [0.25, 0.3) is 0 Å². The van der Waals surface area contributed by atoms with E-state index in [1.54, 1.807) is 18.2 Å². The second kappa shape index (κ2) is 8.99. The fraction of sp³-hybridized carbons (Fsp3) is 0.421. The van der Waals surface area contributed by atoms with Crippen LogP contribution in [0.5, 0.6) is 0 Å². The minimum atomic E-state index is -0.543. The summed E-state index contributed by atoms with van der Waals surface area (Å²) in [4.78, 5) is 15.7. The van der Waals surface area contributed by atoms with Gasteiger partial charge in [-0.15, -0.1) is 0 Å². The van der Waals surface area contributed by atoms with Gasteiger partial charge >= 0.3 is 6.09 Å². The van der Waals surface area contributed by atoms with Crippen molar-refractivity contribution in [3.63, 3.8) is 0 Å². The number of anilines is 2. The number of nitrogens with one attached hydrogen (secondary N) is 1. The number of piperidine rings is 1. The molecule has 1 amide bonds. The number of allylic oxidation sites excluding steroid dienone is 1. The van der Waals surface area contributed by atoms with Crippen LogP contribution in [0.2, 0.25) is 0 Å². The Balaban J connectivity index is 1.64. The number of nitriles is 1. The van der Waals surface area contributed by atoms with E-state index in [-0.39, 0.29) is 24.7 Å². The number of carbonyl (C=O) groups is 1. The molecule has 2 saturated heterocycles. The standard InChI is InChI=1S/C19H21FN4O3S/c20-16-9-14(24-11-15(27-19(24)26)10-22-18(28)12-25)1-2-17(16)23-7-4-13(3-6-21)5-8-23/h1-3,9,15,25H,4-5,7-8,10-12H2,(H,22,28)/t15-/m0/s1. The van der Waals surface area contributed by atoms with Gasteiger partial charge in [-0.05, 0) is 31.0 Å². The Labute approximate surface area is 168 Å². The van der Waals surface area contributed by atoms with E-state index in [2.05, 4.69) is 5.32 Å². The zero-order chi connectivity index (χ0) is 20.1. The number of aliphatic hydroxyl groups excluding tert-OH is 1. The summed E-state index contributed by atoms with van der Waals surface area (Å²) in [6, 6.07) is 6.75. The highest BCUT2D eigenvalue weighted by Gasteiger charge is 2.33. The molecule has 1 aromatic rings. The Hall–Kier alpha value is -2.70. The third kappa shape index (κ3) is 4.58. The number of nitrogens with zero attached hydrogens (tertiary/aromatic N) is 3.